The van der Waals surface area contributed by atoms with Crippen molar-refractivity contribution >= 4 is 5.91 Å². The van der Waals surface area contributed by atoms with Crippen LogP contribution in [-0.2, 0) is 11.3 Å². The molecular weight excluding hydrogens is 317 g/mol. The maximum atomic E-state index is 14.3. The molecule has 1 amide bonds. The van der Waals surface area contributed by atoms with Crippen molar-refractivity contribution in [3.8, 4) is 0 Å². The van der Waals surface area contributed by atoms with E-state index >= 15 is 0 Å². The van der Waals surface area contributed by atoms with Crippen LogP contribution < -0.4 is 5.32 Å². The van der Waals surface area contributed by atoms with E-state index in [1.165, 1.54) is 6.07 Å². The molecule has 0 unspecified atom stereocenters. The maximum Gasteiger partial charge on any atom is 0.221 e. The van der Waals surface area contributed by atoms with Gasteiger partial charge in [-0.05, 0) is 23.3 Å². The molecule has 1 aromatic heterocycles. The molecular formula is C20H20FN3O. The lowest BCUT2D eigenvalue weighted by molar-refractivity contribution is -0.121. The van der Waals surface area contributed by atoms with Crippen LogP contribution in [0.5, 0.6) is 0 Å². The quantitative estimate of drug-likeness (QED) is 0.719. The highest BCUT2D eigenvalue weighted by atomic mass is 19.1. The standard InChI is InChI=1S/C20H20FN3O/c21-19-10-5-4-9-17(19)18(16-7-2-1-3-8-16)15-20(25)22-12-14-24-13-6-11-23-24/h1-11,13,18H,12,14-15H2,(H,22,25)/t18-/m1/s1. The predicted octanol–water partition coefficient (Wildman–Crippen LogP) is 3.36. The first kappa shape index (κ1) is 16.9. The third-order valence-electron chi connectivity index (χ3n) is 4.09. The summed E-state index contributed by atoms with van der Waals surface area (Å²) in [5.74, 6) is -0.711. The molecule has 128 valence electrons. The molecule has 1 atom stereocenters. The summed E-state index contributed by atoms with van der Waals surface area (Å²) < 4.78 is 16.0. The molecule has 5 heteroatoms. The van der Waals surface area contributed by atoms with Crippen molar-refractivity contribution in [2.24, 2.45) is 0 Å². The molecule has 0 spiro atoms. The number of aromatic nitrogens is 2. The van der Waals surface area contributed by atoms with Crippen LogP contribution >= 0.6 is 0 Å². The van der Waals surface area contributed by atoms with Crippen LogP contribution in [0.2, 0.25) is 0 Å². The van der Waals surface area contributed by atoms with Gasteiger partial charge in [0.1, 0.15) is 5.82 Å². The molecule has 2 aromatic carbocycles. The molecule has 0 aliphatic heterocycles. The fourth-order valence-electron chi connectivity index (χ4n) is 2.85. The number of nitrogens with zero attached hydrogens (tertiary/aromatic N) is 2. The van der Waals surface area contributed by atoms with Gasteiger partial charge in [0, 0.05) is 31.3 Å². The lowest BCUT2D eigenvalue weighted by Crippen LogP contribution is -2.29. The minimum atomic E-state index is -0.313. The predicted molar refractivity (Wildman–Crippen MR) is 94.5 cm³/mol. The van der Waals surface area contributed by atoms with E-state index in [1.54, 1.807) is 29.1 Å². The van der Waals surface area contributed by atoms with Gasteiger partial charge in [-0.15, -0.1) is 0 Å². The Morgan fingerprint density at radius 1 is 1.08 bits per heavy atom. The van der Waals surface area contributed by atoms with Gasteiger partial charge in [-0.1, -0.05) is 48.5 Å². The molecule has 0 aliphatic rings. The molecule has 0 bridgehead atoms. The van der Waals surface area contributed by atoms with Crippen LogP contribution in [0.25, 0.3) is 0 Å². The minimum Gasteiger partial charge on any atom is -0.354 e. The molecule has 0 radical (unpaired) electrons. The Hall–Kier alpha value is -2.95. The van der Waals surface area contributed by atoms with Gasteiger partial charge in [-0.3, -0.25) is 9.48 Å². The largest absolute Gasteiger partial charge is 0.354 e. The van der Waals surface area contributed by atoms with E-state index in [9.17, 15) is 9.18 Å². The SMILES string of the molecule is O=C(C[C@H](c1ccccc1)c1ccccc1F)NCCn1cccn1. The van der Waals surface area contributed by atoms with Crippen molar-refractivity contribution in [2.75, 3.05) is 6.54 Å². The Kier molecular flexibility index (Phi) is 5.57. The Bertz CT molecular complexity index is 803. The molecule has 3 aromatic rings. The van der Waals surface area contributed by atoms with E-state index < -0.39 is 0 Å². The summed E-state index contributed by atoms with van der Waals surface area (Å²) in [5.41, 5.74) is 1.46. The van der Waals surface area contributed by atoms with Crippen molar-refractivity contribution in [2.45, 2.75) is 18.9 Å². The Balaban J connectivity index is 1.69. The van der Waals surface area contributed by atoms with Gasteiger partial charge in [0.2, 0.25) is 5.91 Å². The Morgan fingerprint density at radius 3 is 2.56 bits per heavy atom. The fourth-order valence-corrected chi connectivity index (χ4v) is 2.85. The highest BCUT2D eigenvalue weighted by molar-refractivity contribution is 5.77. The zero-order valence-corrected chi connectivity index (χ0v) is 13.8. The molecule has 0 fully saturated rings. The molecule has 1 heterocycles. The summed E-state index contributed by atoms with van der Waals surface area (Å²) in [6.07, 6.45) is 3.74. The van der Waals surface area contributed by atoms with Crippen LogP contribution in [-0.4, -0.2) is 22.2 Å². The second kappa shape index (κ2) is 8.24. The van der Waals surface area contributed by atoms with E-state index in [-0.39, 0.29) is 24.1 Å². The molecule has 4 nitrogen and oxygen atoms in total. The molecule has 25 heavy (non-hydrogen) atoms. The minimum absolute atomic E-state index is 0.107. The molecule has 3 rings (SSSR count). The maximum absolute atomic E-state index is 14.3. The summed E-state index contributed by atoms with van der Waals surface area (Å²) in [6.45, 7) is 1.09. The van der Waals surface area contributed by atoms with Gasteiger partial charge < -0.3 is 5.32 Å². The highest BCUT2D eigenvalue weighted by Crippen LogP contribution is 2.29. The van der Waals surface area contributed by atoms with E-state index in [0.29, 0.717) is 18.7 Å². The van der Waals surface area contributed by atoms with Gasteiger partial charge in [0.15, 0.2) is 0 Å². The van der Waals surface area contributed by atoms with Gasteiger partial charge in [0.25, 0.3) is 0 Å². The number of rotatable bonds is 7. The number of halogens is 1. The molecule has 0 saturated heterocycles. The van der Waals surface area contributed by atoms with Crippen molar-refractivity contribution in [1.82, 2.24) is 15.1 Å². The first-order chi connectivity index (χ1) is 12.2. The van der Waals surface area contributed by atoms with E-state index in [0.717, 1.165) is 5.56 Å². The zero-order chi connectivity index (χ0) is 17.5. The lowest BCUT2D eigenvalue weighted by atomic mass is 9.88. The third-order valence-corrected chi connectivity index (χ3v) is 4.09. The van der Waals surface area contributed by atoms with Crippen molar-refractivity contribution < 1.29 is 9.18 Å². The smallest absolute Gasteiger partial charge is 0.221 e. The second-order valence-electron chi connectivity index (χ2n) is 5.81. The summed E-state index contributed by atoms with van der Waals surface area (Å²) in [6, 6.07) is 18.0. The van der Waals surface area contributed by atoms with Crippen molar-refractivity contribution in [3.63, 3.8) is 0 Å². The summed E-state index contributed by atoms with van der Waals surface area (Å²) >= 11 is 0. The average molecular weight is 337 g/mol. The summed E-state index contributed by atoms with van der Waals surface area (Å²) in [5, 5.41) is 6.98. The van der Waals surface area contributed by atoms with Crippen molar-refractivity contribution in [1.29, 1.82) is 0 Å². The van der Waals surface area contributed by atoms with Gasteiger partial charge in [-0.25, -0.2) is 4.39 Å². The number of carbonyl (C=O) groups is 1. The zero-order valence-electron chi connectivity index (χ0n) is 13.8. The summed E-state index contributed by atoms with van der Waals surface area (Å²) in [4.78, 5) is 12.4. The Morgan fingerprint density at radius 2 is 1.84 bits per heavy atom. The first-order valence-corrected chi connectivity index (χ1v) is 8.27. The molecule has 1 N–H and O–H groups in total. The number of hydrogen-bond acceptors (Lipinski definition) is 2. The van der Waals surface area contributed by atoms with Crippen molar-refractivity contribution in [3.05, 3.63) is 90.0 Å². The topological polar surface area (TPSA) is 46.9 Å². The highest BCUT2D eigenvalue weighted by Gasteiger charge is 2.20. The third kappa shape index (κ3) is 4.53. The molecule has 0 saturated carbocycles. The fraction of sp³-hybridized carbons (Fsp3) is 0.200. The lowest BCUT2D eigenvalue weighted by Gasteiger charge is -2.18. The molecule has 0 aliphatic carbocycles. The van der Waals surface area contributed by atoms with Crippen LogP contribution in [0.3, 0.4) is 0 Å². The second-order valence-corrected chi connectivity index (χ2v) is 5.81. The van der Waals surface area contributed by atoms with Crippen LogP contribution in [0.1, 0.15) is 23.5 Å². The monoisotopic (exact) mass is 337 g/mol. The number of benzene rings is 2. The number of amides is 1. The van der Waals surface area contributed by atoms with E-state index in [4.69, 9.17) is 0 Å². The average Bonchev–Trinajstić information content (AvgIpc) is 3.15. The van der Waals surface area contributed by atoms with E-state index in [2.05, 4.69) is 10.4 Å². The van der Waals surface area contributed by atoms with Gasteiger partial charge in [-0.2, -0.15) is 5.10 Å². The number of hydrogen-bond donors (Lipinski definition) is 1. The Labute approximate surface area is 146 Å². The van der Waals surface area contributed by atoms with Crippen LogP contribution in [0, 0.1) is 5.82 Å². The van der Waals surface area contributed by atoms with Gasteiger partial charge >= 0.3 is 0 Å². The van der Waals surface area contributed by atoms with Crippen LogP contribution in [0.15, 0.2) is 73.1 Å². The van der Waals surface area contributed by atoms with Crippen LogP contribution in [0.4, 0.5) is 4.39 Å². The summed E-state index contributed by atoms with van der Waals surface area (Å²) in [7, 11) is 0. The number of carbonyl (C=O) groups excluding carboxylic acids is 1. The van der Waals surface area contributed by atoms with Gasteiger partial charge in [0.05, 0.1) is 6.54 Å². The normalized spacial score (nSPS) is 11.9. The van der Waals surface area contributed by atoms with E-state index in [1.807, 2.05) is 42.6 Å². The first-order valence-electron chi connectivity index (χ1n) is 8.27. The number of nitrogens with one attached hydrogen (secondary N) is 1.